The number of aromatic nitrogens is 2. The summed E-state index contributed by atoms with van der Waals surface area (Å²) in [5, 5.41) is 9.05. The molecule has 3 heterocycles. The van der Waals surface area contributed by atoms with Gasteiger partial charge in [-0.05, 0) is 60.5 Å². The maximum Gasteiger partial charge on any atom is 0.315 e. The zero-order valence-electron chi connectivity index (χ0n) is 25.8. The van der Waals surface area contributed by atoms with Crippen LogP contribution in [0.5, 0.6) is 0 Å². The number of nitrogens with two attached hydrogens (primary N) is 1. The molecule has 1 aromatic heterocycles. The number of urea groups is 1. The van der Waals surface area contributed by atoms with Crippen LogP contribution in [-0.2, 0) is 32.6 Å². The predicted octanol–water partition coefficient (Wildman–Crippen LogP) is 5.91. The molecule has 46 heavy (non-hydrogen) atoms. The molecule has 1 saturated heterocycles. The number of carbonyl (C=O) groups is 1. The van der Waals surface area contributed by atoms with Crippen LogP contribution >= 0.6 is 23.4 Å². The average molecular weight is 657 g/mol. The van der Waals surface area contributed by atoms with Crippen LogP contribution in [0.15, 0.2) is 66.7 Å². The van der Waals surface area contributed by atoms with E-state index >= 15 is 0 Å². The summed E-state index contributed by atoms with van der Waals surface area (Å²) >= 11 is 8.64. The van der Waals surface area contributed by atoms with E-state index in [9.17, 15) is 9.18 Å². The zero-order valence-corrected chi connectivity index (χ0v) is 27.3. The highest BCUT2D eigenvalue weighted by Gasteiger charge is 2.27. The molecule has 7 nitrogen and oxygen atoms in total. The van der Waals surface area contributed by atoms with Gasteiger partial charge in [-0.15, -0.1) is 0 Å². The van der Waals surface area contributed by atoms with E-state index in [1.807, 2.05) is 54.2 Å². The fraction of sp³-hybridized carbons (Fsp3) is 0.333. The lowest BCUT2D eigenvalue weighted by Gasteiger charge is -2.27. The second kappa shape index (κ2) is 15.2. The molecule has 3 N–H and O–H groups in total. The third-order valence-corrected chi connectivity index (χ3v) is 9.77. The van der Waals surface area contributed by atoms with Gasteiger partial charge in [0.2, 0.25) is 0 Å². The van der Waals surface area contributed by atoms with E-state index in [1.165, 1.54) is 29.3 Å². The summed E-state index contributed by atoms with van der Waals surface area (Å²) in [5.74, 6) is 8.69. The van der Waals surface area contributed by atoms with Crippen LogP contribution in [0.25, 0.3) is 11.3 Å². The lowest BCUT2D eigenvalue weighted by molar-refractivity contribution is 0.201. The number of primary amides is 1. The molecule has 0 atom stereocenters. The number of halogens is 2. The van der Waals surface area contributed by atoms with E-state index in [0.29, 0.717) is 31.2 Å². The molecule has 10 heteroatoms. The summed E-state index contributed by atoms with van der Waals surface area (Å²) in [7, 11) is 0. The molecule has 1 fully saturated rings. The smallest absolute Gasteiger partial charge is 0.315 e. The van der Waals surface area contributed by atoms with Gasteiger partial charge in [0, 0.05) is 85.1 Å². The van der Waals surface area contributed by atoms with Gasteiger partial charge in [-0.1, -0.05) is 53.8 Å². The van der Waals surface area contributed by atoms with Crippen molar-refractivity contribution < 1.29 is 9.18 Å². The molecule has 238 valence electrons. The third-order valence-electron chi connectivity index (χ3n) is 8.50. The Morgan fingerprint density at radius 3 is 2.39 bits per heavy atom. The van der Waals surface area contributed by atoms with Crippen molar-refractivity contribution in [2.75, 3.05) is 37.7 Å². The number of nitrogens with one attached hydrogen (secondary N) is 1. The number of hydrogen-bond acceptors (Lipinski definition) is 5. The standard InChI is InChI=1S/C36H38ClFN6OS/c37-33-13-10-30(22-29(33)9-6-26-2-4-27(5-3-26)23-40-24-28-7-11-31(38)12-8-28)35-32-25-43(36(39)45)17-14-34(32)44(41-35)16-1-15-42-18-20-46-21-19-42/h2-5,7-8,10-13,22,40H,1,14-21,23-25H2,(H2,39,45). The molecule has 0 saturated carbocycles. The number of thioether (sulfide) groups is 1. The van der Waals surface area contributed by atoms with Gasteiger partial charge in [0.1, 0.15) is 5.82 Å². The van der Waals surface area contributed by atoms with Crippen molar-refractivity contribution in [2.24, 2.45) is 5.73 Å². The second-order valence-corrected chi connectivity index (χ2v) is 13.3. The first kappa shape index (κ1) is 32.1. The van der Waals surface area contributed by atoms with E-state index in [-0.39, 0.29) is 5.82 Å². The van der Waals surface area contributed by atoms with Crippen molar-refractivity contribution in [3.8, 4) is 23.1 Å². The molecule has 3 aromatic carbocycles. The lowest BCUT2D eigenvalue weighted by atomic mass is 9.99. The molecule has 4 aromatic rings. The number of fused-ring (bicyclic) bond motifs is 1. The molecule has 2 amide bonds. The van der Waals surface area contributed by atoms with Crippen LogP contribution < -0.4 is 11.1 Å². The van der Waals surface area contributed by atoms with E-state index in [4.69, 9.17) is 22.4 Å². The largest absolute Gasteiger partial charge is 0.351 e. The van der Waals surface area contributed by atoms with Gasteiger partial charge in [-0.3, -0.25) is 4.68 Å². The normalized spacial score (nSPS) is 14.9. The first-order valence-corrected chi connectivity index (χ1v) is 17.3. The Kier molecular flexibility index (Phi) is 10.6. The van der Waals surface area contributed by atoms with Gasteiger partial charge in [0.05, 0.1) is 17.3 Å². The minimum Gasteiger partial charge on any atom is -0.351 e. The maximum absolute atomic E-state index is 13.1. The topological polar surface area (TPSA) is 79.4 Å². The summed E-state index contributed by atoms with van der Waals surface area (Å²) in [4.78, 5) is 16.3. The molecular formula is C36H38ClFN6OS. The number of benzene rings is 3. The molecule has 0 unspecified atom stereocenters. The third kappa shape index (κ3) is 8.12. The molecule has 0 radical (unpaired) electrons. The van der Waals surface area contributed by atoms with Gasteiger partial charge in [0.15, 0.2) is 0 Å². The van der Waals surface area contributed by atoms with Crippen molar-refractivity contribution >= 4 is 29.4 Å². The van der Waals surface area contributed by atoms with Gasteiger partial charge in [-0.2, -0.15) is 16.9 Å². The van der Waals surface area contributed by atoms with Crippen LogP contribution in [0.2, 0.25) is 5.02 Å². The Morgan fingerprint density at radius 2 is 1.67 bits per heavy atom. The van der Waals surface area contributed by atoms with Gasteiger partial charge in [-0.25, -0.2) is 9.18 Å². The summed E-state index contributed by atoms with van der Waals surface area (Å²) in [6.45, 7) is 6.59. The quantitative estimate of drug-likeness (QED) is 0.219. The monoisotopic (exact) mass is 656 g/mol. The van der Waals surface area contributed by atoms with Crippen molar-refractivity contribution in [1.82, 2.24) is 24.9 Å². The molecule has 0 spiro atoms. The van der Waals surface area contributed by atoms with E-state index < -0.39 is 6.03 Å². The van der Waals surface area contributed by atoms with Gasteiger partial charge in [0.25, 0.3) is 0 Å². The number of amides is 2. The SMILES string of the molecule is NC(=O)N1CCc2c(c(-c3ccc(Cl)c(C#Cc4ccc(CNCc5ccc(F)cc5)cc4)c3)nn2CCCN2CCSCC2)C1. The van der Waals surface area contributed by atoms with E-state index in [2.05, 4.69) is 26.7 Å². The Hall–Kier alpha value is -3.81. The summed E-state index contributed by atoms with van der Waals surface area (Å²) in [6, 6.07) is 20.0. The molecular weight excluding hydrogens is 619 g/mol. The number of rotatable bonds is 9. The summed E-state index contributed by atoms with van der Waals surface area (Å²) in [6.07, 6.45) is 1.75. The first-order chi connectivity index (χ1) is 22.4. The fourth-order valence-corrected chi connectivity index (χ4v) is 7.08. The Bertz CT molecular complexity index is 1720. The van der Waals surface area contributed by atoms with Crippen LogP contribution in [0.4, 0.5) is 9.18 Å². The van der Waals surface area contributed by atoms with Crippen LogP contribution in [0.3, 0.4) is 0 Å². The summed E-state index contributed by atoms with van der Waals surface area (Å²) in [5.41, 5.74) is 13.5. The number of aryl methyl sites for hydroxylation is 1. The number of nitrogens with zero attached hydrogens (tertiary/aromatic N) is 4. The highest BCUT2D eigenvalue weighted by atomic mass is 35.5. The Balaban J connectivity index is 1.16. The zero-order chi connectivity index (χ0) is 31.9. The lowest BCUT2D eigenvalue weighted by Crippen LogP contribution is -2.39. The van der Waals surface area contributed by atoms with E-state index in [0.717, 1.165) is 78.1 Å². The summed E-state index contributed by atoms with van der Waals surface area (Å²) < 4.78 is 15.3. The second-order valence-electron chi connectivity index (χ2n) is 11.7. The Morgan fingerprint density at radius 1 is 0.957 bits per heavy atom. The number of carbonyl (C=O) groups excluding carboxylic acids is 1. The van der Waals surface area contributed by atoms with Crippen molar-refractivity contribution in [2.45, 2.75) is 39.0 Å². The highest BCUT2D eigenvalue weighted by Crippen LogP contribution is 2.32. The first-order valence-electron chi connectivity index (χ1n) is 15.7. The minimum atomic E-state index is -0.412. The van der Waals surface area contributed by atoms with Gasteiger partial charge >= 0.3 is 6.03 Å². The fourth-order valence-electron chi connectivity index (χ4n) is 5.93. The predicted molar refractivity (Wildman–Crippen MR) is 184 cm³/mol. The van der Waals surface area contributed by atoms with Crippen molar-refractivity contribution in [3.05, 3.63) is 111 Å². The van der Waals surface area contributed by atoms with Crippen molar-refractivity contribution in [1.29, 1.82) is 0 Å². The van der Waals surface area contributed by atoms with Crippen LogP contribution in [0.1, 0.15) is 39.9 Å². The maximum atomic E-state index is 13.1. The van der Waals surface area contributed by atoms with Crippen LogP contribution in [-0.4, -0.2) is 63.3 Å². The van der Waals surface area contributed by atoms with Crippen LogP contribution in [0, 0.1) is 17.7 Å². The molecule has 6 rings (SSSR count). The van der Waals surface area contributed by atoms with E-state index in [1.54, 1.807) is 17.0 Å². The minimum absolute atomic E-state index is 0.229. The molecule has 2 aliphatic rings. The molecule has 0 bridgehead atoms. The molecule has 0 aliphatic carbocycles. The van der Waals surface area contributed by atoms with Crippen molar-refractivity contribution in [3.63, 3.8) is 0 Å². The number of hydrogen-bond donors (Lipinski definition) is 2. The average Bonchev–Trinajstić information content (AvgIpc) is 3.44. The Labute approximate surface area is 279 Å². The molecule has 2 aliphatic heterocycles. The highest BCUT2D eigenvalue weighted by molar-refractivity contribution is 7.99. The van der Waals surface area contributed by atoms with Gasteiger partial charge < -0.3 is 20.9 Å².